The number of ether oxygens (including phenoxy) is 3. The summed E-state index contributed by atoms with van der Waals surface area (Å²) in [4.78, 5) is 39.1. The molecular weight excluding hydrogens is 508 g/mol. The van der Waals surface area contributed by atoms with Gasteiger partial charge in [-0.05, 0) is 85.5 Å². The van der Waals surface area contributed by atoms with Crippen molar-refractivity contribution in [2.45, 2.75) is 20.8 Å². The van der Waals surface area contributed by atoms with E-state index in [1.54, 1.807) is 30.3 Å². The van der Waals surface area contributed by atoms with E-state index in [2.05, 4.69) is 5.32 Å². The zero-order chi connectivity index (χ0) is 27.4. The number of hydrogen-bond acceptors (Lipinski definition) is 6. The van der Waals surface area contributed by atoms with E-state index in [9.17, 15) is 14.4 Å². The van der Waals surface area contributed by atoms with E-state index in [0.717, 1.165) is 21.8 Å². The number of amides is 4. The summed E-state index contributed by atoms with van der Waals surface area (Å²) in [6.07, 6.45) is 1.36. The number of carbonyl (C=O) groups excluding carboxylic acids is 3. The quantitative estimate of drug-likeness (QED) is 0.236. The van der Waals surface area contributed by atoms with Gasteiger partial charge in [0.2, 0.25) is 0 Å². The summed E-state index contributed by atoms with van der Waals surface area (Å²) >= 11 is 6.48. The Labute approximate surface area is 225 Å². The molecule has 1 heterocycles. The number of aryl methyl sites for hydroxylation is 3. The highest BCUT2D eigenvalue weighted by molar-refractivity contribution is 6.39. The van der Waals surface area contributed by atoms with E-state index < -0.39 is 17.8 Å². The molecule has 3 aromatic rings. The first-order chi connectivity index (χ1) is 18.2. The molecule has 9 heteroatoms. The molecule has 0 aromatic heterocycles. The predicted octanol–water partition coefficient (Wildman–Crippen LogP) is 5.40. The van der Waals surface area contributed by atoms with Crippen molar-refractivity contribution in [1.82, 2.24) is 5.32 Å². The molecule has 1 aliphatic rings. The van der Waals surface area contributed by atoms with Crippen molar-refractivity contribution in [1.29, 1.82) is 0 Å². The van der Waals surface area contributed by atoms with Gasteiger partial charge in [-0.15, -0.1) is 0 Å². The predicted molar refractivity (Wildman–Crippen MR) is 145 cm³/mol. The van der Waals surface area contributed by atoms with Gasteiger partial charge in [0, 0.05) is 0 Å². The minimum absolute atomic E-state index is 0.206. The molecule has 0 radical (unpaired) electrons. The largest absolute Gasteiger partial charge is 0.493 e. The number of hydrogen-bond donors (Lipinski definition) is 1. The highest BCUT2D eigenvalue weighted by Crippen LogP contribution is 2.37. The van der Waals surface area contributed by atoms with E-state index >= 15 is 0 Å². The normalized spacial score (nSPS) is 14.5. The third-order valence-corrected chi connectivity index (χ3v) is 6.28. The highest BCUT2D eigenvalue weighted by Gasteiger charge is 2.37. The molecule has 8 nitrogen and oxygen atoms in total. The van der Waals surface area contributed by atoms with Crippen LogP contribution in [0.2, 0.25) is 5.02 Å². The number of methoxy groups -OCH3 is 1. The third kappa shape index (κ3) is 5.81. The smallest absolute Gasteiger partial charge is 0.335 e. The van der Waals surface area contributed by atoms with Crippen LogP contribution in [0.25, 0.3) is 6.08 Å². The second-order valence-electron chi connectivity index (χ2n) is 8.77. The molecule has 1 aliphatic heterocycles. The Balaban J connectivity index is 1.52. The lowest BCUT2D eigenvalue weighted by molar-refractivity contribution is -0.122. The van der Waals surface area contributed by atoms with E-state index in [0.29, 0.717) is 22.7 Å². The summed E-state index contributed by atoms with van der Waals surface area (Å²) < 4.78 is 17.0. The lowest BCUT2D eigenvalue weighted by atomic mass is 10.1. The molecule has 0 spiro atoms. The maximum Gasteiger partial charge on any atom is 0.335 e. The van der Waals surface area contributed by atoms with Crippen LogP contribution in [-0.2, 0) is 9.59 Å². The zero-order valence-electron chi connectivity index (χ0n) is 21.5. The van der Waals surface area contributed by atoms with Gasteiger partial charge in [-0.3, -0.25) is 14.9 Å². The number of nitrogens with one attached hydrogen (secondary N) is 1. The first-order valence-electron chi connectivity index (χ1n) is 11.9. The average Bonchev–Trinajstić information content (AvgIpc) is 2.87. The fourth-order valence-corrected chi connectivity index (χ4v) is 4.17. The third-order valence-electron chi connectivity index (χ3n) is 6.00. The van der Waals surface area contributed by atoms with Gasteiger partial charge in [0.05, 0.1) is 17.8 Å². The minimum atomic E-state index is -0.815. The Hall–Kier alpha value is -4.30. The molecule has 0 aliphatic carbocycles. The Morgan fingerprint density at radius 3 is 2.39 bits per heavy atom. The molecule has 3 aromatic carbocycles. The molecule has 38 heavy (non-hydrogen) atoms. The van der Waals surface area contributed by atoms with Crippen LogP contribution in [-0.4, -0.2) is 38.2 Å². The summed E-state index contributed by atoms with van der Waals surface area (Å²) in [5, 5.41) is 2.43. The van der Waals surface area contributed by atoms with Crippen LogP contribution >= 0.6 is 11.6 Å². The second-order valence-corrected chi connectivity index (χ2v) is 9.18. The first-order valence-corrected chi connectivity index (χ1v) is 12.2. The molecule has 1 fully saturated rings. The maximum absolute atomic E-state index is 13.2. The van der Waals surface area contributed by atoms with Crippen LogP contribution in [0.1, 0.15) is 22.3 Å². The number of imide groups is 2. The lowest BCUT2D eigenvalue weighted by Gasteiger charge is -2.26. The van der Waals surface area contributed by atoms with Crippen molar-refractivity contribution < 1.29 is 28.6 Å². The number of rotatable bonds is 8. The molecule has 0 unspecified atom stereocenters. The SMILES string of the molecule is COc1cc(/C=C2\C(=O)NC(=O)N(c3cccc(C)c3)C2=O)cc(Cl)c1OCCOc1ccc(C)c(C)c1. The number of benzene rings is 3. The minimum Gasteiger partial charge on any atom is -0.493 e. The topological polar surface area (TPSA) is 94.2 Å². The van der Waals surface area contributed by atoms with Crippen molar-refractivity contribution in [2.75, 3.05) is 25.2 Å². The van der Waals surface area contributed by atoms with Crippen LogP contribution in [0.4, 0.5) is 10.5 Å². The number of barbiturate groups is 1. The fraction of sp³-hybridized carbons (Fsp3) is 0.207. The zero-order valence-corrected chi connectivity index (χ0v) is 22.2. The fourth-order valence-electron chi connectivity index (χ4n) is 3.90. The Morgan fingerprint density at radius 2 is 1.68 bits per heavy atom. The van der Waals surface area contributed by atoms with Crippen molar-refractivity contribution in [2.24, 2.45) is 0 Å². The number of halogens is 1. The van der Waals surface area contributed by atoms with Crippen molar-refractivity contribution >= 4 is 41.2 Å². The van der Waals surface area contributed by atoms with Gasteiger partial charge in [-0.1, -0.05) is 29.8 Å². The summed E-state index contributed by atoms with van der Waals surface area (Å²) in [5.41, 5.74) is 3.73. The van der Waals surface area contributed by atoms with E-state index in [1.165, 1.54) is 18.7 Å². The maximum atomic E-state index is 13.2. The van der Waals surface area contributed by atoms with Gasteiger partial charge in [0.1, 0.15) is 24.5 Å². The molecule has 4 rings (SSSR count). The summed E-state index contributed by atoms with van der Waals surface area (Å²) in [7, 11) is 1.46. The first kappa shape index (κ1) is 26.8. The van der Waals surface area contributed by atoms with Crippen LogP contribution in [0.3, 0.4) is 0 Å². The van der Waals surface area contributed by atoms with Gasteiger partial charge in [0.25, 0.3) is 11.8 Å². The molecule has 1 N–H and O–H groups in total. The van der Waals surface area contributed by atoms with Gasteiger partial charge in [-0.2, -0.15) is 0 Å². The molecule has 0 atom stereocenters. The summed E-state index contributed by atoms with van der Waals surface area (Å²) in [6.45, 7) is 6.38. The van der Waals surface area contributed by atoms with Gasteiger partial charge in [-0.25, -0.2) is 9.69 Å². The van der Waals surface area contributed by atoms with E-state index in [1.807, 2.05) is 45.0 Å². The molecule has 0 bridgehead atoms. The van der Waals surface area contributed by atoms with Gasteiger partial charge >= 0.3 is 6.03 Å². The second kappa shape index (κ2) is 11.4. The van der Waals surface area contributed by atoms with Crippen LogP contribution < -0.4 is 24.4 Å². The number of anilines is 1. The number of urea groups is 1. The van der Waals surface area contributed by atoms with E-state index in [-0.39, 0.29) is 23.8 Å². The standard InChI is InChI=1S/C29H27ClN2O6/c1-17-6-5-7-21(12-17)32-28(34)23(27(33)31-29(32)35)14-20-15-24(30)26(25(16-20)36-4)38-11-10-37-22-9-8-18(2)19(3)13-22/h5-9,12-16H,10-11H2,1-4H3,(H,31,33,35)/b23-14+. The summed E-state index contributed by atoms with van der Waals surface area (Å²) in [6, 6.07) is 15.0. The number of carbonyl (C=O) groups is 3. The van der Waals surface area contributed by atoms with Crippen molar-refractivity contribution in [3.05, 3.63) is 87.4 Å². The van der Waals surface area contributed by atoms with Crippen LogP contribution in [0.15, 0.2) is 60.2 Å². The van der Waals surface area contributed by atoms with Crippen molar-refractivity contribution in [3.63, 3.8) is 0 Å². The molecule has 196 valence electrons. The average molecular weight is 535 g/mol. The molecule has 4 amide bonds. The Kier molecular flexibility index (Phi) is 8.02. The van der Waals surface area contributed by atoms with Crippen molar-refractivity contribution in [3.8, 4) is 17.2 Å². The monoisotopic (exact) mass is 534 g/mol. The van der Waals surface area contributed by atoms with E-state index in [4.69, 9.17) is 25.8 Å². The molecule has 1 saturated heterocycles. The molecule has 0 saturated carbocycles. The lowest BCUT2D eigenvalue weighted by Crippen LogP contribution is -2.54. The summed E-state index contributed by atoms with van der Waals surface area (Å²) in [5.74, 6) is -0.196. The Bertz CT molecular complexity index is 1450. The van der Waals surface area contributed by atoms with Gasteiger partial charge < -0.3 is 14.2 Å². The van der Waals surface area contributed by atoms with Gasteiger partial charge in [0.15, 0.2) is 11.5 Å². The van der Waals surface area contributed by atoms with Crippen LogP contribution in [0.5, 0.6) is 17.2 Å². The number of nitrogens with zero attached hydrogens (tertiary/aromatic N) is 1. The molecular formula is C29H27ClN2O6. The Morgan fingerprint density at radius 1 is 0.921 bits per heavy atom. The van der Waals surface area contributed by atoms with Crippen LogP contribution in [0, 0.1) is 20.8 Å². The highest BCUT2D eigenvalue weighted by atomic mass is 35.5.